The van der Waals surface area contributed by atoms with Crippen LogP contribution in [0.5, 0.6) is 0 Å². The molecule has 0 amide bonds. The number of aromatic amines is 1. The van der Waals surface area contributed by atoms with Gasteiger partial charge in [-0.2, -0.15) is 5.10 Å². The van der Waals surface area contributed by atoms with E-state index in [9.17, 15) is 13.2 Å². The van der Waals surface area contributed by atoms with Gasteiger partial charge in [-0.15, -0.1) is 0 Å². The summed E-state index contributed by atoms with van der Waals surface area (Å²) in [5, 5.41) is 6.60. The number of carbonyl (C=O) groups is 1. The lowest BCUT2D eigenvalue weighted by molar-refractivity contribution is 0.0600. The highest BCUT2D eigenvalue weighted by Crippen LogP contribution is 2.19. The maximum atomic E-state index is 12.2. The molecule has 0 unspecified atom stereocenters. The van der Waals surface area contributed by atoms with E-state index in [1.165, 1.54) is 31.4 Å². The predicted octanol–water partition coefficient (Wildman–Crippen LogP) is 1.61. The topological polar surface area (TPSA) is 101 Å². The zero-order valence-corrected chi connectivity index (χ0v) is 12.6. The molecule has 7 nitrogen and oxygen atoms in total. The Bertz CT molecular complexity index is 763. The number of hydrogen-bond donors (Lipinski definition) is 2. The molecule has 0 aliphatic rings. The maximum Gasteiger partial charge on any atom is 0.337 e. The normalized spacial score (nSPS) is 11.2. The fraction of sp³-hybridized carbons (Fsp3) is 0.231. The fourth-order valence-electron chi connectivity index (χ4n) is 1.66. The molecule has 2 aromatic rings. The number of carbonyl (C=O) groups excluding carboxylic acids is 1. The summed E-state index contributed by atoms with van der Waals surface area (Å²) in [6.45, 7) is 3.56. The van der Waals surface area contributed by atoms with E-state index in [2.05, 4.69) is 19.7 Å². The van der Waals surface area contributed by atoms with Crippen LogP contribution >= 0.6 is 0 Å². The number of sulfonamides is 1. The molecule has 0 aliphatic carbocycles. The van der Waals surface area contributed by atoms with Crippen LogP contribution in [-0.2, 0) is 14.8 Å². The summed E-state index contributed by atoms with van der Waals surface area (Å²) in [7, 11) is -2.50. The molecule has 112 valence electrons. The Morgan fingerprint density at radius 2 is 1.86 bits per heavy atom. The van der Waals surface area contributed by atoms with Crippen molar-refractivity contribution in [1.29, 1.82) is 0 Å². The fourth-order valence-corrected chi connectivity index (χ4v) is 2.72. The summed E-state index contributed by atoms with van der Waals surface area (Å²) >= 11 is 0. The van der Waals surface area contributed by atoms with Gasteiger partial charge in [-0.25, -0.2) is 13.2 Å². The van der Waals surface area contributed by atoms with Gasteiger partial charge in [0.2, 0.25) is 0 Å². The summed E-state index contributed by atoms with van der Waals surface area (Å²) in [5.74, 6) is -0.268. The number of ether oxygens (including phenoxy) is 1. The smallest absolute Gasteiger partial charge is 0.337 e. The van der Waals surface area contributed by atoms with Gasteiger partial charge in [0.1, 0.15) is 0 Å². The van der Waals surface area contributed by atoms with Crippen LogP contribution in [0, 0.1) is 13.8 Å². The van der Waals surface area contributed by atoms with Crippen LogP contribution in [0.1, 0.15) is 21.6 Å². The van der Waals surface area contributed by atoms with E-state index >= 15 is 0 Å². The number of rotatable bonds is 4. The number of H-pyrrole nitrogens is 1. The molecule has 0 aliphatic heterocycles. The van der Waals surface area contributed by atoms with E-state index in [0.29, 0.717) is 0 Å². The Kier molecular flexibility index (Phi) is 3.99. The van der Waals surface area contributed by atoms with Gasteiger partial charge in [0.25, 0.3) is 10.0 Å². The summed E-state index contributed by atoms with van der Waals surface area (Å²) in [6.07, 6.45) is 0. The first-order valence-corrected chi connectivity index (χ1v) is 7.56. The highest BCUT2D eigenvalue weighted by atomic mass is 32.2. The Morgan fingerprint density at radius 1 is 1.24 bits per heavy atom. The Labute approximate surface area is 122 Å². The molecule has 0 atom stereocenters. The van der Waals surface area contributed by atoms with E-state index < -0.39 is 16.0 Å². The van der Waals surface area contributed by atoms with Crippen LogP contribution in [0.15, 0.2) is 29.2 Å². The second-order valence-electron chi connectivity index (χ2n) is 4.44. The molecular weight excluding hydrogens is 294 g/mol. The minimum absolute atomic E-state index is 0.0372. The number of benzene rings is 1. The summed E-state index contributed by atoms with van der Waals surface area (Å²) in [5.41, 5.74) is 1.79. The van der Waals surface area contributed by atoms with Crippen LogP contribution in [0.3, 0.4) is 0 Å². The third-order valence-electron chi connectivity index (χ3n) is 3.07. The Balaban J connectivity index is 2.27. The lowest BCUT2D eigenvalue weighted by atomic mass is 10.2. The number of methoxy groups -OCH3 is 1. The molecule has 21 heavy (non-hydrogen) atoms. The van der Waals surface area contributed by atoms with Crippen molar-refractivity contribution < 1.29 is 17.9 Å². The van der Waals surface area contributed by atoms with Crippen molar-refractivity contribution in [3.05, 3.63) is 41.1 Å². The summed E-state index contributed by atoms with van der Waals surface area (Å²) < 4.78 is 31.4. The third-order valence-corrected chi connectivity index (χ3v) is 4.42. The van der Waals surface area contributed by atoms with E-state index in [4.69, 9.17) is 0 Å². The molecule has 2 N–H and O–H groups in total. The summed E-state index contributed by atoms with van der Waals surface area (Å²) in [6, 6.07) is 5.46. The van der Waals surface area contributed by atoms with Gasteiger partial charge in [0.15, 0.2) is 5.82 Å². The van der Waals surface area contributed by atoms with Crippen LogP contribution in [0.25, 0.3) is 0 Å². The van der Waals surface area contributed by atoms with Gasteiger partial charge in [-0.3, -0.25) is 9.82 Å². The minimum atomic E-state index is -3.76. The first-order chi connectivity index (χ1) is 9.85. The van der Waals surface area contributed by atoms with Crippen molar-refractivity contribution in [2.24, 2.45) is 0 Å². The molecule has 0 spiro atoms. The summed E-state index contributed by atoms with van der Waals surface area (Å²) in [4.78, 5) is 11.3. The second-order valence-corrected chi connectivity index (χ2v) is 6.13. The number of esters is 1. The van der Waals surface area contributed by atoms with Gasteiger partial charge >= 0.3 is 5.97 Å². The molecular formula is C13H15N3O4S. The molecule has 2 rings (SSSR count). The molecule has 1 aromatic carbocycles. The quantitative estimate of drug-likeness (QED) is 0.836. The largest absolute Gasteiger partial charge is 0.465 e. The molecule has 0 saturated carbocycles. The van der Waals surface area contributed by atoms with E-state index in [1.54, 1.807) is 13.8 Å². The number of anilines is 1. The average Bonchev–Trinajstić information content (AvgIpc) is 2.78. The highest BCUT2D eigenvalue weighted by molar-refractivity contribution is 7.92. The Morgan fingerprint density at radius 3 is 2.33 bits per heavy atom. The van der Waals surface area contributed by atoms with Gasteiger partial charge in [0.05, 0.1) is 17.6 Å². The molecule has 8 heteroatoms. The second kappa shape index (κ2) is 5.57. The monoisotopic (exact) mass is 309 g/mol. The van der Waals surface area contributed by atoms with E-state index in [1.807, 2.05) is 0 Å². The van der Waals surface area contributed by atoms with Crippen LogP contribution in [0.4, 0.5) is 5.82 Å². The van der Waals surface area contributed by atoms with Crippen molar-refractivity contribution >= 4 is 21.8 Å². The van der Waals surface area contributed by atoms with Crippen LogP contribution in [-0.4, -0.2) is 31.7 Å². The average molecular weight is 309 g/mol. The lowest BCUT2D eigenvalue weighted by Gasteiger charge is -2.07. The van der Waals surface area contributed by atoms with E-state index in [-0.39, 0.29) is 16.3 Å². The molecule has 0 bridgehead atoms. The number of nitrogens with zero attached hydrogens (tertiary/aromatic N) is 1. The van der Waals surface area contributed by atoms with Crippen molar-refractivity contribution in [2.75, 3.05) is 11.8 Å². The molecule has 0 fully saturated rings. The molecule has 0 saturated heterocycles. The van der Waals surface area contributed by atoms with Gasteiger partial charge in [-0.1, -0.05) is 0 Å². The third kappa shape index (κ3) is 3.05. The molecule has 1 aromatic heterocycles. The number of hydrogen-bond acceptors (Lipinski definition) is 5. The zero-order chi connectivity index (χ0) is 15.6. The zero-order valence-electron chi connectivity index (χ0n) is 11.8. The highest BCUT2D eigenvalue weighted by Gasteiger charge is 2.18. The SMILES string of the molecule is COC(=O)c1ccc(S(=O)(=O)Nc2n[nH]c(C)c2C)cc1. The van der Waals surface area contributed by atoms with Gasteiger partial charge in [-0.05, 0) is 38.1 Å². The molecule has 0 radical (unpaired) electrons. The van der Waals surface area contributed by atoms with Crippen LogP contribution in [0.2, 0.25) is 0 Å². The van der Waals surface area contributed by atoms with Crippen molar-refractivity contribution in [2.45, 2.75) is 18.7 Å². The standard InChI is InChI=1S/C13H15N3O4S/c1-8-9(2)14-15-12(8)16-21(18,19)11-6-4-10(5-7-11)13(17)20-3/h4-7H,1-3H3,(H2,14,15,16). The van der Waals surface area contributed by atoms with Crippen molar-refractivity contribution in [3.8, 4) is 0 Å². The lowest BCUT2D eigenvalue weighted by Crippen LogP contribution is -2.14. The van der Waals surface area contributed by atoms with E-state index in [0.717, 1.165) is 11.3 Å². The van der Waals surface area contributed by atoms with Crippen LogP contribution < -0.4 is 4.72 Å². The maximum absolute atomic E-state index is 12.2. The first-order valence-electron chi connectivity index (χ1n) is 6.08. The van der Waals surface area contributed by atoms with Crippen molar-refractivity contribution in [1.82, 2.24) is 10.2 Å². The van der Waals surface area contributed by atoms with Gasteiger partial charge in [0, 0.05) is 11.3 Å². The van der Waals surface area contributed by atoms with Gasteiger partial charge < -0.3 is 4.74 Å². The predicted molar refractivity (Wildman–Crippen MR) is 76.7 cm³/mol. The first kappa shape index (κ1) is 15.0. The Hall–Kier alpha value is -2.35. The number of nitrogens with one attached hydrogen (secondary N) is 2. The number of aromatic nitrogens is 2. The minimum Gasteiger partial charge on any atom is -0.465 e. The number of aryl methyl sites for hydroxylation is 1. The van der Waals surface area contributed by atoms with Crippen molar-refractivity contribution in [3.63, 3.8) is 0 Å². The molecule has 1 heterocycles.